The number of nitrogens with two attached hydrogens (primary N) is 1. The molecule has 2 N–H and O–H groups in total. The number of nitrogen functional groups attached to an aromatic ring is 1. The number of aryl methyl sites for hydroxylation is 1. The Bertz CT molecular complexity index is 958. The van der Waals surface area contributed by atoms with Crippen LogP contribution in [0.5, 0.6) is 0 Å². The van der Waals surface area contributed by atoms with E-state index in [9.17, 15) is 4.39 Å². The molecule has 0 fully saturated rings. The van der Waals surface area contributed by atoms with E-state index in [-0.39, 0.29) is 12.2 Å². The van der Waals surface area contributed by atoms with Crippen LogP contribution in [0, 0.1) is 0 Å². The van der Waals surface area contributed by atoms with Crippen molar-refractivity contribution in [1.29, 1.82) is 0 Å². The third kappa shape index (κ3) is 6.81. The van der Waals surface area contributed by atoms with Crippen LogP contribution in [0.2, 0.25) is 0 Å². The number of rotatable bonds is 13. The second kappa shape index (κ2) is 12.1. The number of hydrogen-bond acceptors (Lipinski definition) is 4. The van der Waals surface area contributed by atoms with Gasteiger partial charge in [0.15, 0.2) is 0 Å². The van der Waals surface area contributed by atoms with E-state index in [2.05, 4.69) is 30.0 Å². The number of fused-ring (bicyclic) bond motifs is 1. The van der Waals surface area contributed by atoms with Gasteiger partial charge in [-0.25, -0.2) is 14.4 Å². The van der Waals surface area contributed by atoms with Crippen molar-refractivity contribution in [2.75, 3.05) is 5.73 Å². The van der Waals surface area contributed by atoms with Crippen molar-refractivity contribution in [3.8, 4) is 0 Å². The van der Waals surface area contributed by atoms with Gasteiger partial charge >= 0.3 is 0 Å². The van der Waals surface area contributed by atoms with Crippen LogP contribution in [0.1, 0.15) is 70.8 Å². The van der Waals surface area contributed by atoms with Gasteiger partial charge in [-0.2, -0.15) is 0 Å². The quantitative estimate of drug-likeness (QED) is 0.223. The first kappa shape index (κ1) is 24.4. The zero-order chi connectivity index (χ0) is 22.8. The lowest BCUT2D eigenvalue weighted by Gasteiger charge is -2.17. The molecule has 2 aromatic heterocycles. The Balaban J connectivity index is 2.23. The molecule has 0 aromatic carbocycles. The zero-order valence-corrected chi connectivity index (χ0v) is 19.0. The Morgan fingerprint density at radius 2 is 2.10 bits per heavy atom. The molecule has 0 amide bonds. The minimum Gasteiger partial charge on any atom is -0.491 e. The standard InChI is InChI=1S/C25H35FN4O/c1-6-9-11-13-23-29-22(24-25(27)28-14-15-30(23)24)17-20(26)16-21(8-3)31-19(5)18(4)12-10-7-2/h7-8,14-15,17,21H,2-3,6,9-13,16H2,1,4-5H3,(H2,27,28)/b19-18+,20-17-. The number of anilines is 1. The van der Waals surface area contributed by atoms with Gasteiger partial charge < -0.3 is 10.5 Å². The zero-order valence-electron chi connectivity index (χ0n) is 19.0. The summed E-state index contributed by atoms with van der Waals surface area (Å²) in [6.45, 7) is 13.6. The molecule has 0 radical (unpaired) electrons. The summed E-state index contributed by atoms with van der Waals surface area (Å²) in [4.78, 5) is 8.82. The van der Waals surface area contributed by atoms with Crippen LogP contribution < -0.4 is 5.73 Å². The Kier molecular flexibility index (Phi) is 9.50. The fraction of sp³-hybridized carbons (Fsp3) is 0.440. The molecule has 2 rings (SSSR count). The third-order valence-corrected chi connectivity index (χ3v) is 5.29. The second-order valence-corrected chi connectivity index (χ2v) is 7.75. The van der Waals surface area contributed by atoms with Gasteiger partial charge in [-0.05, 0) is 44.8 Å². The lowest BCUT2D eigenvalue weighted by molar-refractivity contribution is 0.148. The van der Waals surface area contributed by atoms with Crippen molar-refractivity contribution in [3.63, 3.8) is 0 Å². The number of hydrogen-bond donors (Lipinski definition) is 1. The topological polar surface area (TPSA) is 65.4 Å². The van der Waals surface area contributed by atoms with Gasteiger partial charge in [-0.1, -0.05) is 38.5 Å². The number of nitrogens with zero attached hydrogens (tertiary/aromatic N) is 3. The first-order valence-corrected chi connectivity index (χ1v) is 10.9. The molecule has 0 saturated heterocycles. The lowest BCUT2D eigenvalue weighted by Crippen LogP contribution is -2.09. The van der Waals surface area contributed by atoms with Crippen LogP contribution >= 0.6 is 0 Å². The molecule has 2 aromatic rings. The highest BCUT2D eigenvalue weighted by Crippen LogP contribution is 2.25. The molecule has 0 bridgehead atoms. The van der Waals surface area contributed by atoms with Gasteiger partial charge in [-0.3, -0.25) is 4.40 Å². The molecule has 0 spiro atoms. The molecule has 0 aliphatic heterocycles. The summed E-state index contributed by atoms with van der Waals surface area (Å²) in [6, 6.07) is 0. The Morgan fingerprint density at radius 1 is 1.32 bits per heavy atom. The van der Waals surface area contributed by atoms with Crippen molar-refractivity contribution >= 4 is 17.4 Å². The Labute approximate surface area is 185 Å². The monoisotopic (exact) mass is 426 g/mol. The van der Waals surface area contributed by atoms with E-state index in [1.165, 1.54) is 6.08 Å². The summed E-state index contributed by atoms with van der Waals surface area (Å²) in [5, 5.41) is 0. The van der Waals surface area contributed by atoms with Crippen molar-refractivity contribution in [2.45, 2.75) is 71.8 Å². The van der Waals surface area contributed by atoms with E-state index in [0.29, 0.717) is 17.0 Å². The minimum atomic E-state index is -0.469. The average molecular weight is 427 g/mol. The molecule has 5 nitrogen and oxygen atoms in total. The number of unbranched alkanes of at least 4 members (excludes halogenated alkanes) is 2. The molecule has 0 aliphatic carbocycles. The highest BCUT2D eigenvalue weighted by molar-refractivity contribution is 5.77. The van der Waals surface area contributed by atoms with Crippen LogP contribution in [0.15, 0.2) is 54.9 Å². The summed E-state index contributed by atoms with van der Waals surface area (Å²) < 4.78 is 22.8. The molecular formula is C25H35FN4O. The van der Waals surface area contributed by atoms with Crippen molar-refractivity contribution < 1.29 is 9.13 Å². The molecule has 2 heterocycles. The van der Waals surface area contributed by atoms with E-state index in [4.69, 9.17) is 10.5 Å². The number of halogens is 1. The number of ether oxygens (including phenoxy) is 1. The van der Waals surface area contributed by atoms with Crippen LogP contribution in [0.25, 0.3) is 11.6 Å². The maximum absolute atomic E-state index is 14.9. The van der Waals surface area contributed by atoms with Gasteiger partial charge in [0.2, 0.25) is 0 Å². The summed E-state index contributed by atoms with van der Waals surface area (Å²) in [5.74, 6) is 1.65. The molecule has 168 valence electrons. The van der Waals surface area contributed by atoms with E-state index in [1.807, 2.05) is 30.5 Å². The van der Waals surface area contributed by atoms with Crippen LogP contribution in [-0.2, 0) is 11.2 Å². The largest absolute Gasteiger partial charge is 0.491 e. The maximum atomic E-state index is 14.9. The highest BCUT2D eigenvalue weighted by Gasteiger charge is 2.16. The van der Waals surface area contributed by atoms with Crippen LogP contribution in [-0.4, -0.2) is 20.5 Å². The fourth-order valence-corrected chi connectivity index (χ4v) is 3.36. The fourth-order valence-electron chi connectivity index (χ4n) is 3.36. The molecule has 6 heteroatoms. The van der Waals surface area contributed by atoms with Gasteiger partial charge in [0.1, 0.15) is 29.1 Å². The van der Waals surface area contributed by atoms with Gasteiger partial charge in [0.05, 0.1) is 11.5 Å². The summed E-state index contributed by atoms with van der Waals surface area (Å²) in [6.07, 6.45) is 13.8. The van der Waals surface area contributed by atoms with Crippen molar-refractivity contribution in [3.05, 3.63) is 66.4 Å². The van der Waals surface area contributed by atoms with E-state index >= 15 is 0 Å². The summed E-state index contributed by atoms with van der Waals surface area (Å²) >= 11 is 0. The van der Waals surface area contributed by atoms with Crippen molar-refractivity contribution in [1.82, 2.24) is 14.4 Å². The number of allylic oxidation sites excluding steroid dienone is 3. The molecule has 0 saturated carbocycles. The van der Waals surface area contributed by atoms with E-state index < -0.39 is 6.10 Å². The Hall–Kier alpha value is -2.89. The summed E-state index contributed by atoms with van der Waals surface area (Å²) in [5.41, 5.74) is 8.34. The van der Waals surface area contributed by atoms with Gasteiger partial charge in [-0.15, -0.1) is 6.58 Å². The molecule has 1 unspecified atom stereocenters. The minimum absolute atomic E-state index is 0.0694. The third-order valence-electron chi connectivity index (χ3n) is 5.29. The second-order valence-electron chi connectivity index (χ2n) is 7.75. The molecule has 31 heavy (non-hydrogen) atoms. The average Bonchev–Trinajstić information content (AvgIpc) is 3.09. The number of aromatic nitrogens is 3. The summed E-state index contributed by atoms with van der Waals surface area (Å²) in [7, 11) is 0. The normalized spacial score (nSPS) is 13.7. The first-order valence-electron chi connectivity index (χ1n) is 10.9. The predicted molar refractivity (Wildman–Crippen MR) is 127 cm³/mol. The van der Waals surface area contributed by atoms with E-state index in [1.54, 1.807) is 12.3 Å². The lowest BCUT2D eigenvalue weighted by atomic mass is 10.1. The molecule has 0 aliphatic rings. The first-order chi connectivity index (χ1) is 14.9. The number of imidazole rings is 1. The van der Waals surface area contributed by atoms with Crippen molar-refractivity contribution in [2.24, 2.45) is 0 Å². The molecular weight excluding hydrogens is 391 g/mol. The van der Waals surface area contributed by atoms with Crippen LogP contribution in [0.4, 0.5) is 10.2 Å². The predicted octanol–water partition coefficient (Wildman–Crippen LogP) is 6.58. The van der Waals surface area contributed by atoms with E-state index in [0.717, 1.165) is 55.7 Å². The van der Waals surface area contributed by atoms with Gasteiger partial charge in [0, 0.05) is 25.2 Å². The van der Waals surface area contributed by atoms with Crippen LogP contribution in [0.3, 0.4) is 0 Å². The maximum Gasteiger partial charge on any atom is 0.150 e. The Morgan fingerprint density at radius 3 is 2.77 bits per heavy atom. The molecule has 1 atom stereocenters. The SMILES string of the molecule is C=CCC/C(C)=C(\C)OC(C=C)C/C(F)=C/c1nc(CCCCC)n2ccnc(N)c12. The van der Waals surface area contributed by atoms with Gasteiger partial charge in [0.25, 0.3) is 0 Å². The highest BCUT2D eigenvalue weighted by atomic mass is 19.1. The smallest absolute Gasteiger partial charge is 0.150 e.